The van der Waals surface area contributed by atoms with E-state index in [0.717, 1.165) is 17.5 Å². The Balaban J connectivity index is 2.02. The van der Waals surface area contributed by atoms with Gasteiger partial charge in [0.1, 0.15) is 0 Å². The van der Waals surface area contributed by atoms with Crippen molar-refractivity contribution in [3.8, 4) is 0 Å². The minimum atomic E-state index is 0.564. The van der Waals surface area contributed by atoms with Crippen LogP contribution in [0, 0.1) is 11.8 Å². The minimum absolute atomic E-state index is 0.564. The predicted octanol–water partition coefficient (Wildman–Crippen LogP) is 3.09. The standard InChI is InChI=1S/C14H23N3/c1-9-3-6-14(10(2)7-9)17-11-4-5-12(15)13(16)8-11/h4-5,8-10,14,17H,3,6-7,15-16H2,1-2H3. The van der Waals surface area contributed by atoms with Crippen molar-refractivity contribution < 1.29 is 0 Å². The highest BCUT2D eigenvalue weighted by Crippen LogP contribution is 2.31. The Morgan fingerprint density at radius 3 is 2.53 bits per heavy atom. The Morgan fingerprint density at radius 2 is 1.88 bits per heavy atom. The van der Waals surface area contributed by atoms with E-state index in [1.165, 1.54) is 19.3 Å². The van der Waals surface area contributed by atoms with Gasteiger partial charge in [0.05, 0.1) is 11.4 Å². The van der Waals surface area contributed by atoms with Gasteiger partial charge in [0.15, 0.2) is 0 Å². The van der Waals surface area contributed by atoms with E-state index >= 15 is 0 Å². The maximum atomic E-state index is 5.82. The zero-order valence-corrected chi connectivity index (χ0v) is 10.7. The number of hydrogen-bond donors (Lipinski definition) is 3. The SMILES string of the molecule is CC1CCC(Nc2ccc(N)c(N)c2)C(C)C1. The van der Waals surface area contributed by atoms with Crippen molar-refractivity contribution in [3.05, 3.63) is 18.2 Å². The molecular formula is C14H23N3. The summed E-state index contributed by atoms with van der Waals surface area (Å²) in [5.74, 6) is 1.58. The molecule has 0 amide bonds. The molecule has 0 heterocycles. The summed E-state index contributed by atoms with van der Waals surface area (Å²) >= 11 is 0. The number of hydrogen-bond acceptors (Lipinski definition) is 3. The van der Waals surface area contributed by atoms with Crippen LogP contribution in [0.5, 0.6) is 0 Å². The summed E-state index contributed by atoms with van der Waals surface area (Å²) < 4.78 is 0. The van der Waals surface area contributed by atoms with Gasteiger partial charge in [-0.15, -0.1) is 0 Å². The Morgan fingerprint density at radius 1 is 1.12 bits per heavy atom. The second kappa shape index (κ2) is 4.86. The van der Waals surface area contributed by atoms with Crippen LogP contribution in [0.25, 0.3) is 0 Å². The highest BCUT2D eigenvalue weighted by Gasteiger charge is 2.25. The highest BCUT2D eigenvalue weighted by atomic mass is 14.9. The van der Waals surface area contributed by atoms with E-state index in [0.29, 0.717) is 17.4 Å². The van der Waals surface area contributed by atoms with Crippen molar-refractivity contribution in [1.29, 1.82) is 0 Å². The topological polar surface area (TPSA) is 64.1 Å². The van der Waals surface area contributed by atoms with Crippen molar-refractivity contribution in [2.24, 2.45) is 11.8 Å². The predicted molar refractivity (Wildman–Crippen MR) is 74.9 cm³/mol. The number of anilines is 3. The van der Waals surface area contributed by atoms with Crippen molar-refractivity contribution >= 4 is 17.1 Å². The Hall–Kier alpha value is -1.38. The van der Waals surface area contributed by atoms with Gasteiger partial charge >= 0.3 is 0 Å². The molecule has 3 atom stereocenters. The molecule has 1 aromatic carbocycles. The smallest absolute Gasteiger partial charge is 0.0568 e. The van der Waals surface area contributed by atoms with Crippen LogP contribution >= 0.6 is 0 Å². The zero-order chi connectivity index (χ0) is 12.4. The van der Waals surface area contributed by atoms with Crippen LogP contribution < -0.4 is 16.8 Å². The highest BCUT2D eigenvalue weighted by molar-refractivity contribution is 5.69. The lowest BCUT2D eigenvalue weighted by atomic mass is 9.80. The van der Waals surface area contributed by atoms with Crippen molar-refractivity contribution in [1.82, 2.24) is 0 Å². The van der Waals surface area contributed by atoms with E-state index in [9.17, 15) is 0 Å². The van der Waals surface area contributed by atoms with Gasteiger partial charge in [0, 0.05) is 11.7 Å². The van der Waals surface area contributed by atoms with Gasteiger partial charge in [-0.1, -0.05) is 13.8 Å². The van der Waals surface area contributed by atoms with Crippen LogP contribution in [-0.4, -0.2) is 6.04 Å². The van der Waals surface area contributed by atoms with Gasteiger partial charge in [-0.3, -0.25) is 0 Å². The molecule has 17 heavy (non-hydrogen) atoms. The van der Waals surface area contributed by atoms with Crippen LogP contribution in [0.3, 0.4) is 0 Å². The van der Waals surface area contributed by atoms with E-state index in [1.807, 2.05) is 18.2 Å². The third-order valence-corrected chi connectivity index (χ3v) is 3.87. The molecule has 0 aliphatic heterocycles. The quantitative estimate of drug-likeness (QED) is 0.688. The summed E-state index contributed by atoms with van der Waals surface area (Å²) in [6.07, 6.45) is 3.86. The van der Waals surface area contributed by atoms with Crippen molar-refractivity contribution in [2.75, 3.05) is 16.8 Å². The average Bonchev–Trinajstić information content (AvgIpc) is 2.27. The Kier molecular flexibility index (Phi) is 3.46. The molecular weight excluding hydrogens is 210 g/mol. The van der Waals surface area contributed by atoms with Gasteiger partial charge in [-0.25, -0.2) is 0 Å². The third kappa shape index (κ3) is 2.84. The van der Waals surface area contributed by atoms with E-state index < -0.39 is 0 Å². The van der Waals surface area contributed by atoms with Gasteiger partial charge in [0.2, 0.25) is 0 Å². The fourth-order valence-electron chi connectivity index (χ4n) is 2.76. The lowest BCUT2D eigenvalue weighted by Crippen LogP contribution is -2.33. The Bertz CT molecular complexity index is 389. The molecule has 0 aromatic heterocycles. The maximum Gasteiger partial charge on any atom is 0.0568 e. The molecule has 94 valence electrons. The second-order valence-corrected chi connectivity index (χ2v) is 5.49. The monoisotopic (exact) mass is 233 g/mol. The summed E-state index contributed by atoms with van der Waals surface area (Å²) in [4.78, 5) is 0. The molecule has 1 aromatic rings. The molecule has 0 bridgehead atoms. The molecule has 0 radical (unpaired) electrons. The van der Waals surface area contributed by atoms with Crippen LogP contribution in [0.15, 0.2) is 18.2 Å². The molecule has 2 rings (SSSR count). The lowest BCUT2D eigenvalue weighted by molar-refractivity contribution is 0.276. The summed E-state index contributed by atoms with van der Waals surface area (Å²) in [5, 5.41) is 3.58. The fraction of sp³-hybridized carbons (Fsp3) is 0.571. The minimum Gasteiger partial charge on any atom is -0.397 e. The Labute approximate surface area is 104 Å². The van der Waals surface area contributed by atoms with Crippen molar-refractivity contribution in [2.45, 2.75) is 39.2 Å². The van der Waals surface area contributed by atoms with E-state index in [-0.39, 0.29) is 0 Å². The number of benzene rings is 1. The van der Waals surface area contributed by atoms with Crippen LogP contribution in [0.4, 0.5) is 17.1 Å². The van der Waals surface area contributed by atoms with Crippen LogP contribution in [-0.2, 0) is 0 Å². The number of nitrogens with one attached hydrogen (secondary N) is 1. The van der Waals surface area contributed by atoms with Gasteiger partial charge in [-0.2, -0.15) is 0 Å². The fourth-order valence-corrected chi connectivity index (χ4v) is 2.76. The number of nitrogens with two attached hydrogens (primary N) is 2. The first-order valence-electron chi connectivity index (χ1n) is 6.48. The van der Waals surface area contributed by atoms with E-state index in [2.05, 4.69) is 19.2 Å². The van der Waals surface area contributed by atoms with Crippen LogP contribution in [0.2, 0.25) is 0 Å². The first kappa shape index (κ1) is 12.1. The van der Waals surface area contributed by atoms with Gasteiger partial charge in [-0.05, 0) is 49.3 Å². The van der Waals surface area contributed by atoms with E-state index in [4.69, 9.17) is 11.5 Å². The molecule has 3 heteroatoms. The number of nitrogen functional groups attached to an aromatic ring is 2. The molecule has 0 spiro atoms. The zero-order valence-electron chi connectivity index (χ0n) is 10.7. The molecule has 1 fully saturated rings. The molecule has 5 N–H and O–H groups in total. The molecule has 1 aliphatic carbocycles. The number of rotatable bonds is 2. The molecule has 3 nitrogen and oxygen atoms in total. The summed E-state index contributed by atoms with van der Waals surface area (Å²) in [7, 11) is 0. The maximum absolute atomic E-state index is 5.82. The first-order chi connectivity index (χ1) is 8.06. The first-order valence-corrected chi connectivity index (χ1v) is 6.48. The van der Waals surface area contributed by atoms with Crippen LogP contribution in [0.1, 0.15) is 33.1 Å². The summed E-state index contributed by atoms with van der Waals surface area (Å²) in [5.41, 5.74) is 13.9. The average molecular weight is 233 g/mol. The largest absolute Gasteiger partial charge is 0.397 e. The summed E-state index contributed by atoms with van der Waals surface area (Å²) in [6, 6.07) is 6.37. The molecule has 1 saturated carbocycles. The summed E-state index contributed by atoms with van der Waals surface area (Å²) in [6.45, 7) is 4.67. The second-order valence-electron chi connectivity index (χ2n) is 5.49. The molecule has 0 saturated heterocycles. The molecule has 1 aliphatic rings. The van der Waals surface area contributed by atoms with Gasteiger partial charge < -0.3 is 16.8 Å². The third-order valence-electron chi connectivity index (χ3n) is 3.87. The lowest BCUT2D eigenvalue weighted by Gasteiger charge is -2.34. The van der Waals surface area contributed by atoms with E-state index in [1.54, 1.807) is 0 Å². The normalized spacial score (nSPS) is 28.9. The van der Waals surface area contributed by atoms with Crippen molar-refractivity contribution in [3.63, 3.8) is 0 Å². The molecule has 3 unspecified atom stereocenters. The van der Waals surface area contributed by atoms with Gasteiger partial charge in [0.25, 0.3) is 0 Å².